The topological polar surface area (TPSA) is 67.6 Å². The Hall–Kier alpha value is -1.92. The largest absolute Gasteiger partial charge is 0.468 e. The number of hydrogen-bond donors (Lipinski definition) is 1. The Labute approximate surface area is 129 Å². The lowest BCUT2D eigenvalue weighted by molar-refractivity contribution is -0.145. The highest BCUT2D eigenvalue weighted by atomic mass is 16.5. The first kappa shape index (κ1) is 15.0. The average Bonchev–Trinajstić information content (AvgIpc) is 3.03. The summed E-state index contributed by atoms with van der Waals surface area (Å²) in [7, 11) is 1.39. The van der Waals surface area contributed by atoms with Crippen LogP contribution in [0.4, 0.5) is 0 Å². The van der Waals surface area contributed by atoms with Crippen LogP contribution >= 0.6 is 0 Å². The van der Waals surface area contributed by atoms with Gasteiger partial charge < -0.3 is 14.4 Å². The maximum atomic E-state index is 11.8. The van der Waals surface area contributed by atoms with Crippen LogP contribution in [-0.4, -0.2) is 57.9 Å². The second kappa shape index (κ2) is 6.06. The molecule has 1 saturated heterocycles. The number of aromatic nitrogens is 2. The van der Waals surface area contributed by atoms with E-state index in [1.807, 2.05) is 36.1 Å². The zero-order valence-corrected chi connectivity index (χ0v) is 12.9. The van der Waals surface area contributed by atoms with E-state index in [-0.39, 0.29) is 12.0 Å². The maximum absolute atomic E-state index is 11.8. The summed E-state index contributed by atoms with van der Waals surface area (Å²) in [6.07, 6.45) is -0.0270. The van der Waals surface area contributed by atoms with Crippen LogP contribution in [0.15, 0.2) is 24.3 Å². The van der Waals surface area contributed by atoms with Crippen LogP contribution in [0, 0.1) is 6.92 Å². The van der Waals surface area contributed by atoms with Gasteiger partial charge in [0.05, 0.1) is 24.2 Å². The molecule has 2 atom stereocenters. The first-order chi connectivity index (χ1) is 10.6. The van der Waals surface area contributed by atoms with Crippen molar-refractivity contribution >= 4 is 17.0 Å². The van der Waals surface area contributed by atoms with Gasteiger partial charge >= 0.3 is 5.97 Å². The standard InChI is InChI=1S/C16H21N3O3/c1-11-17-13-5-3-4-6-14(13)19(11)8-7-18-10-12(20)9-15(18)16(21)22-2/h3-6,12,15,20H,7-10H2,1-2H3/t12-,15-/m0/s1. The number of rotatable bonds is 4. The third-order valence-corrected chi connectivity index (χ3v) is 4.31. The third-order valence-electron chi connectivity index (χ3n) is 4.31. The molecule has 6 nitrogen and oxygen atoms in total. The zero-order valence-electron chi connectivity index (χ0n) is 12.9. The molecule has 22 heavy (non-hydrogen) atoms. The van der Waals surface area contributed by atoms with Crippen LogP contribution in [-0.2, 0) is 16.1 Å². The average molecular weight is 303 g/mol. The van der Waals surface area contributed by atoms with Crippen molar-refractivity contribution in [2.24, 2.45) is 0 Å². The van der Waals surface area contributed by atoms with Crippen LogP contribution in [0.25, 0.3) is 11.0 Å². The number of β-amino-alcohol motifs (C(OH)–C–C–N with tert-alkyl or cyclic N) is 1. The number of carbonyl (C=O) groups is 1. The van der Waals surface area contributed by atoms with Crippen LogP contribution < -0.4 is 0 Å². The highest BCUT2D eigenvalue weighted by Crippen LogP contribution is 2.20. The molecule has 2 heterocycles. The van der Waals surface area contributed by atoms with E-state index in [1.54, 1.807) is 0 Å². The fourth-order valence-corrected chi connectivity index (χ4v) is 3.21. The Kier molecular flexibility index (Phi) is 4.13. The molecular weight excluding hydrogens is 282 g/mol. The van der Waals surface area contributed by atoms with Gasteiger partial charge in [-0.15, -0.1) is 0 Å². The Morgan fingerprint density at radius 2 is 2.18 bits per heavy atom. The maximum Gasteiger partial charge on any atom is 0.323 e. The molecule has 0 saturated carbocycles. The predicted molar refractivity (Wildman–Crippen MR) is 82.5 cm³/mol. The number of aliphatic hydroxyl groups is 1. The Balaban J connectivity index is 1.76. The van der Waals surface area contributed by atoms with Gasteiger partial charge in [0.1, 0.15) is 11.9 Å². The quantitative estimate of drug-likeness (QED) is 0.852. The van der Waals surface area contributed by atoms with E-state index in [9.17, 15) is 9.90 Å². The first-order valence-corrected chi connectivity index (χ1v) is 7.52. The van der Waals surface area contributed by atoms with Crippen LogP contribution in [0.2, 0.25) is 0 Å². The summed E-state index contributed by atoms with van der Waals surface area (Å²) in [5.41, 5.74) is 2.07. The summed E-state index contributed by atoms with van der Waals surface area (Å²) in [5.74, 6) is 0.680. The van der Waals surface area contributed by atoms with Crippen molar-refractivity contribution in [3.05, 3.63) is 30.1 Å². The number of aryl methyl sites for hydroxylation is 1. The number of esters is 1. The minimum absolute atomic E-state index is 0.274. The minimum Gasteiger partial charge on any atom is -0.468 e. The molecule has 1 aromatic heterocycles. The number of methoxy groups -OCH3 is 1. The summed E-state index contributed by atoms with van der Waals surface area (Å²) in [4.78, 5) is 18.4. The van der Waals surface area contributed by atoms with Crippen LogP contribution in [0.3, 0.4) is 0 Å². The van der Waals surface area contributed by atoms with Gasteiger partial charge in [0.2, 0.25) is 0 Å². The fraction of sp³-hybridized carbons (Fsp3) is 0.500. The number of ether oxygens (including phenoxy) is 1. The van der Waals surface area contributed by atoms with Crippen molar-refractivity contribution < 1.29 is 14.6 Å². The van der Waals surface area contributed by atoms with Crippen LogP contribution in [0.1, 0.15) is 12.2 Å². The van der Waals surface area contributed by atoms with Gasteiger partial charge in [0.25, 0.3) is 0 Å². The Bertz CT molecular complexity index is 682. The molecule has 118 valence electrons. The molecule has 3 rings (SSSR count). The Morgan fingerprint density at radius 1 is 1.41 bits per heavy atom. The number of likely N-dealkylation sites (tertiary alicyclic amines) is 1. The summed E-state index contributed by atoms with van der Waals surface area (Å²) >= 11 is 0. The highest BCUT2D eigenvalue weighted by molar-refractivity contribution is 5.76. The molecule has 0 amide bonds. The van der Waals surface area contributed by atoms with Gasteiger partial charge in [0, 0.05) is 26.1 Å². The molecule has 2 aromatic rings. The number of imidazole rings is 1. The lowest BCUT2D eigenvalue weighted by atomic mass is 10.2. The molecular formula is C16H21N3O3. The smallest absolute Gasteiger partial charge is 0.323 e. The molecule has 1 N–H and O–H groups in total. The molecule has 1 fully saturated rings. The summed E-state index contributed by atoms with van der Waals surface area (Å²) in [6.45, 7) is 3.90. The van der Waals surface area contributed by atoms with Crippen molar-refractivity contribution in [2.45, 2.75) is 32.0 Å². The van der Waals surface area contributed by atoms with E-state index in [1.165, 1.54) is 7.11 Å². The summed E-state index contributed by atoms with van der Waals surface area (Å²) in [5, 5.41) is 9.83. The zero-order chi connectivity index (χ0) is 15.7. The second-order valence-electron chi connectivity index (χ2n) is 5.72. The number of fused-ring (bicyclic) bond motifs is 1. The van der Waals surface area contributed by atoms with Crippen molar-refractivity contribution in [1.82, 2.24) is 14.5 Å². The van der Waals surface area contributed by atoms with E-state index in [2.05, 4.69) is 9.55 Å². The Morgan fingerprint density at radius 3 is 2.95 bits per heavy atom. The molecule has 0 unspecified atom stereocenters. The molecule has 1 aliphatic rings. The van der Waals surface area contributed by atoms with Gasteiger partial charge in [-0.05, 0) is 19.1 Å². The van der Waals surface area contributed by atoms with Gasteiger partial charge in [-0.25, -0.2) is 4.98 Å². The number of para-hydroxylation sites is 2. The molecule has 1 aromatic carbocycles. The van der Waals surface area contributed by atoms with Gasteiger partial charge in [-0.1, -0.05) is 12.1 Å². The summed E-state index contributed by atoms with van der Waals surface area (Å²) < 4.78 is 6.98. The van der Waals surface area contributed by atoms with E-state index < -0.39 is 6.10 Å². The van der Waals surface area contributed by atoms with Crippen LogP contribution in [0.5, 0.6) is 0 Å². The van der Waals surface area contributed by atoms with Gasteiger partial charge in [-0.3, -0.25) is 9.69 Å². The first-order valence-electron chi connectivity index (χ1n) is 7.52. The van der Waals surface area contributed by atoms with Crippen molar-refractivity contribution in [3.8, 4) is 0 Å². The number of aliphatic hydroxyl groups excluding tert-OH is 1. The minimum atomic E-state index is -0.468. The number of hydrogen-bond acceptors (Lipinski definition) is 5. The monoisotopic (exact) mass is 303 g/mol. The normalized spacial score (nSPS) is 22.3. The molecule has 0 aliphatic carbocycles. The highest BCUT2D eigenvalue weighted by Gasteiger charge is 2.36. The van der Waals surface area contributed by atoms with E-state index in [0.29, 0.717) is 19.5 Å². The molecule has 0 radical (unpaired) electrons. The summed E-state index contributed by atoms with van der Waals surface area (Å²) in [6, 6.07) is 7.66. The third kappa shape index (κ3) is 2.71. The molecule has 0 spiro atoms. The van der Waals surface area contributed by atoms with Crippen molar-refractivity contribution in [2.75, 3.05) is 20.2 Å². The van der Waals surface area contributed by atoms with E-state index in [4.69, 9.17) is 4.74 Å². The van der Waals surface area contributed by atoms with Gasteiger partial charge in [0.15, 0.2) is 0 Å². The number of benzene rings is 1. The van der Waals surface area contributed by atoms with Gasteiger partial charge in [-0.2, -0.15) is 0 Å². The SMILES string of the molecule is COC(=O)[C@@H]1C[C@H](O)CN1CCn1c(C)nc2ccccc21. The molecule has 0 bridgehead atoms. The molecule has 6 heteroatoms. The fourth-order valence-electron chi connectivity index (χ4n) is 3.21. The molecule has 1 aliphatic heterocycles. The predicted octanol–water partition coefficient (Wildman–Crippen LogP) is 0.953. The number of carbonyl (C=O) groups excluding carboxylic acids is 1. The van der Waals surface area contributed by atoms with E-state index >= 15 is 0 Å². The second-order valence-corrected chi connectivity index (χ2v) is 5.72. The van der Waals surface area contributed by atoms with Crippen molar-refractivity contribution in [1.29, 1.82) is 0 Å². The number of nitrogens with zero attached hydrogens (tertiary/aromatic N) is 3. The van der Waals surface area contributed by atoms with E-state index in [0.717, 1.165) is 23.4 Å². The lowest BCUT2D eigenvalue weighted by Crippen LogP contribution is -2.38. The van der Waals surface area contributed by atoms with Crippen molar-refractivity contribution in [3.63, 3.8) is 0 Å². The lowest BCUT2D eigenvalue weighted by Gasteiger charge is -2.22.